The zero-order valence-corrected chi connectivity index (χ0v) is 14.4. The number of benzene rings is 1. The van der Waals surface area contributed by atoms with E-state index in [1.807, 2.05) is 23.7 Å². The summed E-state index contributed by atoms with van der Waals surface area (Å²) >= 11 is 1.68. The molecule has 4 rings (SSSR count). The number of aryl methyl sites for hydroxylation is 1. The second kappa shape index (κ2) is 5.75. The van der Waals surface area contributed by atoms with E-state index >= 15 is 0 Å². The predicted molar refractivity (Wildman–Crippen MR) is 90.3 cm³/mol. The van der Waals surface area contributed by atoms with E-state index in [1.165, 1.54) is 0 Å². The molecule has 3 heterocycles. The zero-order chi connectivity index (χ0) is 16.7. The summed E-state index contributed by atoms with van der Waals surface area (Å²) in [5.74, 6) is 1.85. The molecule has 0 aliphatic carbocycles. The average molecular weight is 340 g/mol. The van der Waals surface area contributed by atoms with E-state index in [1.54, 1.807) is 22.3 Å². The Morgan fingerprint density at radius 1 is 1.21 bits per heavy atom. The monoisotopic (exact) mass is 340 g/mol. The Kier molecular flexibility index (Phi) is 3.57. The van der Waals surface area contributed by atoms with Crippen molar-refractivity contribution in [2.24, 2.45) is 0 Å². The standard InChI is InChI=1S/C15H16N8S/c1-9(2)15-18-14(7-22-8-16-20-21-22)23(19-15)11-4-5-12-13(6-11)24-10(3)17-12/h4-6,8-9H,7H2,1-3H3. The van der Waals surface area contributed by atoms with Gasteiger partial charge in [-0.3, -0.25) is 0 Å². The van der Waals surface area contributed by atoms with Gasteiger partial charge in [-0.25, -0.2) is 19.3 Å². The molecule has 3 aromatic heterocycles. The van der Waals surface area contributed by atoms with Crippen LogP contribution in [-0.4, -0.2) is 40.0 Å². The van der Waals surface area contributed by atoms with E-state index in [-0.39, 0.29) is 5.92 Å². The molecule has 0 spiro atoms. The van der Waals surface area contributed by atoms with Gasteiger partial charge < -0.3 is 0 Å². The first-order valence-electron chi connectivity index (χ1n) is 7.64. The molecule has 0 atom stereocenters. The smallest absolute Gasteiger partial charge is 0.154 e. The molecule has 1 aromatic carbocycles. The van der Waals surface area contributed by atoms with E-state index in [4.69, 9.17) is 0 Å². The second-order valence-corrected chi connectivity index (χ2v) is 7.08. The molecule has 0 saturated heterocycles. The molecule has 24 heavy (non-hydrogen) atoms. The molecule has 9 heteroatoms. The molecule has 122 valence electrons. The first-order chi connectivity index (χ1) is 11.6. The van der Waals surface area contributed by atoms with Gasteiger partial charge in [0.15, 0.2) is 11.6 Å². The molecule has 0 saturated carbocycles. The summed E-state index contributed by atoms with van der Waals surface area (Å²) in [5.41, 5.74) is 1.97. The Balaban J connectivity index is 1.81. The van der Waals surface area contributed by atoms with Gasteiger partial charge in [0.2, 0.25) is 0 Å². The number of nitrogens with zero attached hydrogens (tertiary/aromatic N) is 8. The molecule has 8 nitrogen and oxygen atoms in total. The Morgan fingerprint density at radius 2 is 2.08 bits per heavy atom. The molecule has 0 aliphatic heterocycles. The summed E-state index contributed by atoms with van der Waals surface area (Å²) in [5, 5.41) is 17.0. The quantitative estimate of drug-likeness (QED) is 0.567. The Labute approximate surface area is 142 Å². The Hall–Kier alpha value is -2.68. The van der Waals surface area contributed by atoms with Crippen LogP contribution in [0.15, 0.2) is 24.5 Å². The zero-order valence-electron chi connectivity index (χ0n) is 13.6. The van der Waals surface area contributed by atoms with Gasteiger partial charge in [-0.2, -0.15) is 5.10 Å². The van der Waals surface area contributed by atoms with Crippen LogP contribution in [0.3, 0.4) is 0 Å². The van der Waals surface area contributed by atoms with Crippen LogP contribution in [0.25, 0.3) is 15.9 Å². The van der Waals surface area contributed by atoms with Crippen molar-refractivity contribution < 1.29 is 0 Å². The maximum atomic E-state index is 4.68. The number of hydrogen-bond acceptors (Lipinski definition) is 7. The van der Waals surface area contributed by atoms with E-state index in [2.05, 4.69) is 50.5 Å². The number of aromatic nitrogens is 8. The maximum Gasteiger partial charge on any atom is 0.154 e. The predicted octanol–water partition coefficient (Wildman–Crippen LogP) is 2.34. The molecule has 0 radical (unpaired) electrons. The highest BCUT2D eigenvalue weighted by molar-refractivity contribution is 7.18. The number of hydrogen-bond donors (Lipinski definition) is 0. The van der Waals surface area contributed by atoms with Crippen molar-refractivity contribution in [3.05, 3.63) is 41.2 Å². The van der Waals surface area contributed by atoms with Crippen LogP contribution in [-0.2, 0) is 6.54 Å². The number of rotatable bonds is 4. The highest BCUT2D eigenvalue weighted by atomic mass is 32.1. The van der Waals surface area contributed by atoms with Crippen molar-refractivity contribution in [3.63, 3.8) is 0 Å². The third kappa shape index (κ3) is 2.67. The summed E-state index contributed by atoms with van der Waals surface area (Å²) in [6.07, 6.45) is 1.57. The van der Waals surface area contributed by atoms with Gasteiger partial charge in [0, 0.05) is 5.92 Å². The van der Waals surface area contributed by atoms with E-state index in [0.717, 1.165) is 32.6 Å². The van der Waals surface area contributed by atoms with Crippen molar-refractivity contribution in [2.45, 2.75) is 33.2 Å². The average Bonchev–Trinajstić information content (AvgIpc) is 3.25. The summed E-state index contributed by atoms with van der Waals surface area (Å²) < 4.78 is 4.64. The highest BCUT2D eigenvalue weighted by Crippen LogP contribution is 2.25. The van der Waals surface area contributed by atoms with Gasteiger partial charge in [0.25, 0.3) is 0 Å². The van der Waals surface area contributed by atoms with Crippen LogP contribution in [0.1, 0.15) is 36.4 Å². The summed E-state index contributed by atoms with van der Waals surface area (Å²) in [4.78, 5) is 9.18. The van der Waals surface area contributed by atoms with Gasteiger partial charge in [0.1, 0.15) is 12.9 Å². The molecule has 0 bridgehead atoms. The summed E-state index contributed by atoms with van der Waals surface area (Å²) in [7, 11) is 0. The Morgan fingerprint density at radius 3 is 2.83 bits per heavy atom. The van der Waals surface area contributed by atoms with Crippen LogP contribution in [0.4, 0.5) is 0 Å². The highest BCUT2D eigenvalue weighted by Gasteiger charge is 2.15. The minimum absolute atomic E-state index is 0.244. The van der Waals surface area contributed by atoms with Crippen LogP contribution >= 0.6 is 11.3 Å². The summed E-state index contributed by atoms with van der Waals surface area (Å²) in [6.45, 7) is 6.64. The van der Waals surface area contributed by atoms with Crippen molar-refractivity contribution in [2.75, 3.05) is 0 Å². The third-order valence-electron chi connectivity index (χ3n) is 3.63. The van der Waals surface area contributed by atoms with Gasteiger partial charge in [0.05, 0.1) is 20.9 Å². The number of thiazole rings is 1. The van der Waals surface area contributed by atoms with E-state index in [9.17, 15) is 0 Å². The van der Waals surface area contributed by atoms with Crippen LogP contribution in [0.5, 0.6) is 0 Å². The fourth-order valence-electron chi connectivity index (χ4n) is 2.47. The van der Waals surface area contributed by atoms with Crippen LogP contribution < -0.4 is 0 Å². The molecule has 4 aromatic rings. The minimum Gasteiger partial charge on any atom is -0.242 e. The largest absolute Gasteiger partial charge is 0.242 e. The van der Waals surface area contributed by atoms with E-state index in [0.29, 0.717) is 6.54 Å². The van der Waals surface area contributed by atoms with E-state index < -0.39 is 0 Å². The normalized spacial score (nSPS) is 11.7. The van der Waals surface area contributed by atoms with Gasteiger partial charge in [-0.1, -0.05) is 13.8 Å². The lowest BCUT2D eigenvalue weighted by Crippen LogP contribution is -2.09. The van der Waals surface area contributed by atoms with Crippen molar-refractivity contribution in [3.8, 4) is 5.69 Å². The van der Waals surface area contributed by atoms with Gasteiger partial charge in [-0.15, -0.1) is 16.4 Å². The lowest BCUT2D eigenvalue weighted by molar-refractivity contribution is 0.609. The topological polar surface area (TPSA) is 87.2 Å². The molecule has 0 N–H and O–H groups in total. The molecular weight excluding hydrogens is 324 g/mol. The lowest BCUT2D eigenvalue weighted by Gasteiger charge is -2.05. The first kappa shape index (κ1) is 14.9. The molecule has 0 unspecified atom stereocenters. The fourth-order valence-corrected chi connectivity index (χ4v) is 3.33. The maximum absolute atomic E-state index is 4.68. The number of tetrazole rings is 1. The van der Waals surface area contributed by atoms with Crippen molar-refractivity contribution in [1.29, 1.82) is 0 Å². The first-order valence-corrected chi connectivity index (χ1v) is 8.46. The van der Waals surface area contributed by atoms with Crippen molar-refractivity contribution in [1.82, 2.24) is 40.0 Å². The van der Waals surface area contributed by atoms with Gasteiger partial charge in [-0.05, 0) is 35.5 Å². The lowest BCUT2D eigenvalue weighted by atomic mass is 10.2. The third-order valence-corrected chi connectivity index (χ3v) is 4.56. The second-order valence-electron chi connectivity index (χ2n) is 5.85. The van der Waals surface area contributed by atoms with Crippen LogP contribution in [0.2, 0.25) is 0 Å². The Bertz CT molecular complexity index is 982. The summed E-state index contributed by atoms with van der Waals surface area (Å²) in [6, 6.07) is 6.14. The molecule has 0 amide bonds. The van der Waals surface area contributed by atoms with Crippen LogP contribution in [0, 0.1) is 6.92 Å². The van der Waals surface area contributed by atoms with Gasteiger partial charge >= 0.3 is 0 Å². The molecular formula is C15H16N8S. The SMILES string of the molecule is Cc1nc2ccc(-n3nc(C(C)C)nc3Cn3cnnn3)cc2s1. The molecule has 0 aliphatic rings. The minimum atomic E-state index is 0.244. The molecule has 0 fully saturated rings. The van der Waals surface area contributed by atoms with Crippen molar-refractivity contribution >= 4 is 21.6 Å². The fraction of sp³-hybridized carbons (Fsp3) is 0.333. The number of fused-ring (bicyclic) bond motifs is 1.